The van der Waals surface area contributed by atoms with Crippen molar-refractivity contribution < 1.29 is 0 Å². The normalized spacial score (nSPS) is 23.8. The van der Waals surface area contributed by atoms with Gasteiger partial charge in [0, 0.05) is 62.5 Å². The van der Waals surface area contributed by atoms with E-state index in [1.807, 2.05) is 6.20 Å². The zero-order chi connectivity index (χ0) is 15.8. The van der Waals surface area contributed by atoms with Gasteiger partial charge in [-0.1, -0.05) is 0 Å². The molecule has 2 aromatic heterocycles. The maximum atomic E-state index is 4.61. The highest BCUT2D eigenvalue weighted by atomic mass is 79.9. The van der Waals surface area contributed by atoms with Crippen LogP contribution in [0.2, 0.25) is 0 Å². The maximum absolute atomic E-state index is 4.61. The number of imidazole rings is 1. The van der Waals surface area contributed by atoms with E-state index in [0.717, 1.165) is 35.8 Å². The van der Waals surface area contributed by atoms with Gasteiger partial charge in [0.05, 0.1) is 11.9 Å². The van der Waals surface area contributed by atoms with Crippen LogP contribution in [0.1, 0.15) is 17.7 Å². The van der Waals surface area contributed by atoms with Gasteiger partial charge in [0.1, 0.15) is 5.65 Å². The van der Waals surface area contributed by atoms with Gasteiger partial charge < -0.3 is 9.72 Å². The minimum Gasteiger partial charge on any atom is -0.314 e. The molecule has 0 spiro atoms. The van der Waals surface area contributed by atoms with E-state index >= 15 is 0 Å². The van der Waals surface area contributed by atoms with Crippen molar-refractivity contribution in [3.8, 4) is 0 Å². The van der Waals surface area contributed by atoms with Gasteiger partial charge in [0.15, 0.2) is 0 Å². The molecule has 0 saturated carbocycles. The number of halogens is 1. The summed E-state index contributed by atoms with van der Waals surface area (Å²) in [5.74, 6) is 0. The Balaban J connectivity index is 1.47. The standard InChI is InChI=1S/C17H24BrN5/c1-13-8-14(18)10-23-16(9-20-17(13)23)12-21-5-2-15(11-21)22-6-3-19-4-7-22/h8-10,15,19H,2-7,11-12H2,1H3. The molecular formula is C17H24BrN5. The number of rotatable bonds is 3. The first-order valence-corrected chi connectivity index (χ1v) is 9.29. The van der Waals surface area contributed by atoms with Gasteiger partial charge in [-0.25, -0.2) is 4.98 Å². The van der Waals surface area contributed by atoms with Crippen molar-refractivity contribution in [3.05, 3.63) is 34.2 Å². The van der Waals surface area contributed by atoms with Crippen molar-refractivity contribution in [2.24, 2.45) is 0 Å². The molecule has 1 unspecified atom stereocenters. The Hall–Kier alpha value is -0.950. The number of hydrogen-bond donors (Lipinski definition) is 1. The van der Waals surface area contributed by atoms with Crippen molar-refractivity contribution in [2.75, 3.05) is 39.3 Å². The second kappa shape index (κ2) is 6.51. The summed E-state index contributed by atoms with van der Waals surface area (Å²) in [6.45, 7) is 10.1. The second-order valence-corrected chi connectivity index (χ2v) is 7.66. The molecule has 23 heavy (non-hydrogen) atoms. The molecule has 1 N–H and O–H groups in total. The molecule has 2 aliphatic rings. The molecule has 4 heterocycles. The molecule has 1 atom stereocenters. The fourth-order valence-electron chi connectivity index (χ4n) is 3.91. The third-order valence-corrected chi connectivity index (χ3v) is 5.57. The lowest BCUT2D eigenvalue weighted by molar-refractivity contribution is 0.170. The largest absolute Gasteiger partial charge is 0.314 e. The predicted octanol–water partition coefficient (Wildman–Crippen LogP) is 1.88. The minimum atomic E-state index is 0.727. The van der Waals surface area contributed by atoms with Crippen molar-refractivity contribution >= 4 is 21.6 Å². The molecule has 0 amide bonds. The summed E-state index contributed by atoms with van der Waals surface area (Å²) in [4.78, 5) is 9.84. The average Bonchev–Trinajstić information content (AvgIpc) is 3.17. The zero-order valence-electron chi connectivity index (χ0n) is 13.6. The van der Waals surface area contributed by atoms with Crippen LogP contribution in [0, 0.1) is 6.92 Å². The second-order valence-electron chi connectivity index (χ2n) is 6.75. The first-order valence-electron chi connectivity index (χ1n) is 8.50. The molecule has 2 aromatic rings. The van der Waals surface area contributed by atoms with Crippen LogP contribution >= 0.6 is 15.9 Å². The van der Waals surface area contributed by atoms with E-state index in [-0.39, 0.29) is 0 Å². The summed E-state index contributed by atoms with van der Waals surface area (Å²) < 4.78 is 3.35. The monoisotopic (exact) mass is 377 g/mol. The van der Waals surface area contributed by atoms with Crippen molar-refractivity contribution in [2.45, 2.75) is 25.9 Å². The van der Waals surface area contributed by atoms with Crippen molar-refractivity contribution in [1.29, 1.82) is 0 Å². The molecule has 6 heteroatoms. The van der Waals surface area contributed by atoms with E-state index in [9.17, 15) is 0 Å². The minimum absolute atomic E-state index is 0.727. The Bertz CT molecular complexity index is 692. The number of likely N-dealkylation sites (tertiary alicyclic amines) is 1. The maximum Gasteiger partial charge on any atom is 0.139 e. The Morgan fingerprint density at radius 2 is 2.13 bits per heavy atom. The number of nitrogens with one attached hydrogen (secondary N) is 1. The van der Waals surface area contributed by atoms with Crippen LogP contribution < -0.4 is 5.32 Å². The van der Waals surface area contributed by atoms with Crippen molar-refractivity contribution in [3.63, 3.8) is 0 Å². The Kier molecular flexibility index (Phi) is 4.41. The van der Waals surface area contributed by atoms with Gasteiger partial charge in [-0.15, -0.1) is 0 Å². The predicted molar refractivity (Wildman–Crippen MR) is 95.8 cm³/mol. The molecule has 2 aliphatic heterocycles. The molecule has 0 aliphatic carbocycles. The summed E-state index contributed by atoms with van der Waals surface area (Å²) >= 11 is 3.60. The van der Waals surface area contributed by atoms with Crippen LogP contribution in [0.25, 0.3) is 5.65 Å². The van der Waals surface area contributed by atoms with E-state index in [1.54, 1.807) is 0 Å². The average molecular weight is 378 g/mol. The first-order chi connectivity index (χ1) is 11.2. The molecule has 2 saturated heterocycles. The Morgan fingerprint density at radius 1 is 1.30 bits per heavy atom. The van der Waals surface area contributed by atoms with Crippen LogP contribution in [0.4, 0.5) is 0 Å². The summed E-state index contributed by atoms with van der Waals surface area (Å²) in [6, 6.07) is 2.85. The van der Waals surface area contributed by atoms with E-state index < -0.39 is 0 Å². The fraction of sp³-hybridized carbons (Fsp3) is 0.588. The molecular weight excluding hydrogens is 354 g/mol. The molecule has 0 aromatic carbocycles. The molecule has 2 fully saturated rings. The van der Waals surface area contributed by atoms with Gasteiger partial charge in [-0.3, -0.25) is 9.80 Å². The summed E-state index contributed by atoms with van der Waals surface area (Å²) in [5.41, 5.74) is 3.57. The van der Waals surface area contributed by atoms with Crippen LogP contribution in [0.5, 0.6) is 0 Å². The highest BCUT2D eigenvalue weighted by molar-refractivity contribution is 9.10. The number of aryl methyl sites for hydroxylation is 1. The number of hydrogen-bond acceptors (Lipinski definition) is 4. The lowest BCUT2D eigenvalue weighted by Crippen LogP contribution is -2.49. The lowest BCUT2D eigenvalue weighted by atomic mass is 10.2. The summed E-state index contributed by atoms with van der Waals surface area (Å²) in [5, 5.41) is 3.45. The smallest absolute Gasteiger partial charge is 0.139 e. The topological polar surface area (TPSA) is 35.8 Å². The first kappa shape index (κ1) is 15.6. The highest BCUT2D eigenvalue weighted by Crippen LogP contribution is 2.22. The van der Waals surface area contributed by atoms with Crippen LogP contribution in [-0.2, 0) is 6.54 Å². The third kappa shape index (κ3) is 3.18. The molecule has 0 bridgehead atoms. The molecule has 4 rings (SSSR count). The SMILES string of the molecule is Cc1cc(Br)cn2c(CN3CCC(N4CCNCC4)C3)cnc12. The summed E-state index contributed by atoms with van der Waals surface area (Å²) in [6.07, 6.45) is 5.46. The van der Waals surface area contributed by atoms with Gasteiger partial charge in [0.2, 0.25) is 0 Å². The van der Waals surface area contributed by atoms with Gasteiger partial charge >= 0.3 is 0 Å². The van der Waals surface area contributed by atoms with Gasteiger partial charge in [-0.2, -0.15) is 0 Å². The lowest BCUT2D eigenvalue weighted by Gasteiger charge is -2.32. The number of aromatic nitrogens is 2. The number of piperazine rings is 1. The van der Waals surface area contributed by atoms with Crippen LogP contribution in [0.3, 0.4) is 0 Å². The van der Waals surface area contributed by atoms with Crippen molar-refractivity contribution in [1.82, 2.24) is 24.5 Å². The zero-order valence-corrected chi connectivity index (χ0v) is 15.2. The number of fused-ring (bicyclic) bond motifs is 1. The quantitative estimate of drug-likeness (QED) is 0.885. The van der Waals surface area contributed by atoms with Crippen LogP contribution in [0.15, 0.2) is 22.9 Å². The van der Waals surface area contributed by atoms with E-state index in [2.05, 4.69) is 59.6 Å². The molecule has 0 radical (unpaired) electrons. The molecule has 5 nitrogen and oxygen atoms in total. The number of nitrogens with zero attached hydrogens (tertiary/aromatic N) is 4. The third-order valence-electron chi connectivity index (χ3n) is 5.13. The van der Waals surface area contributed by atoms with Gasteiger partial charge in [0.25, 0.3) is 0 Å². The molecule has 124 valence electrons. The van der Waals surface area contributed by atoms with E-state index in [4.69, 9.17) is 0 Å². The van der Waals surface area contributed by atoms with Gasteiger partial charge in [-0.05, 0) is 40.9 Å². The van der Waals surface area contributed by atoms with Crippen LogP contribution in [-0.4, -0.2) is 64.5 Å². The fourth-order valence-corrected chi connectivity index (χ4v) is 4.46. The highest BCUT2D eigenvalue weighted by Gasteiger charge is 2.28. The van der Waals surface area contributed by atoms with E-state index in [1.165, 1.54) is 43.9 Å². The Labute approximate surface area is 145 Å². The Morgan fingerprint density at radius 3 is 2.96 bits per heavy atom. The number of pyridine rings is 1. The van der Waals surface area contributed by atoms with E-state index in [0.29, 0.717) is 0 Å². The summed E-state index contributed by atoms with van der Waals surface area (Å²) in [7, 11) is 0.